The molecular weight excluding hydrogens is 298 g/mol. The van der Waals surface area contributed by atoms with Crippen LogP contribution in [0.5, 0.6) is 0 Å². The molecule has 10 heteroatoms. The highest BCUT2D eigenvalue weighted by molar-refractivity contribution is 7.89. The van der Waals surface area contributed by atoms with E-state index in [0.29, 0.717) is 11.3 Å². The molecule has 0 spiro atoms. The Morgan fingerprint density at radius 1 is 1.48 bits per heavy atom. The lowest BCUT2D eigenvalue weighted by atomic mass is 10.3. The van der Waals surface area contributed by atoms with Gasteiger partial charge < -0.3 is 5.11 Å². The molecule has 0 bridgehead atoms. The summed E-state index contributed by atoms with van der Waals surface area (Å²) < 4.78 is 28.5. The first-order valence-electron chi connectivity index (χ1n) is 5.99. The number of rotatable bonds is 5. The van der Waals surface area contributed by atoms with Gasteiger partial charge in [0.25, 0.3) is 0 Å². The van der Waals surface area contributed by atoms with E-state index >= 15 is 0 Å². The van der Waals surface area contributed by atoms with Crippen molar-refractivity contribution in [3.05, 3.63) is 28.8 Å². The van der Waals surface area contributed by atoms with Gasteiger partial charge >= 0.3 is 5.97 Å². The van der Waals surface area contributed by atoms with Gasteiger partial charge in [-0.15, -0.1) is 0 Å². The van der Waals surface area contributed by atoms with E-state index in [1.165, 1.54) is 6.92 Å². The number of hydrogen-bond acceptors (Lipinski definition) is 5. The normalized spacial score (nSPS) is 11.8. The first-order chi connectivity index (χ1) is 9.72. The number of hydrogen-bond donors (Lipinski definition) is 3. The summed E-state index contributed by atoms with van der Waals surface area (Å²) in [4.78, 5) is 10.7. The fraction of sp³-hybridized carbons (Fsp3) is 0.364. The number of nitrogens with zero attached hydrogens (tertiary/aromatic N) is 3. The molecule has 2 aromatic heterocycles. The van der Waals surface area contributed by atoms with Crippen LogP contribution in [0.2, 0.25) is 0 Å². The van der Waals surface area contributed by atoms with Crippen molar-refractivity contribution < 1.29 is 18.3 Å². The molecule has 0 aliphatic heterocycles. The van der Waals surface area contributed by atoms with Crippen LogP contribution in [0.3, 0.4) is 0 Å². The van der Waals surface area contributed by atoms with Gasteiger partial charge in [-0.3, -0.25) is 9.78 Å². The van der Waals surface area contributed by atoms with E-state index in [4.69, 9.17) is 5.11 Å². The number of carbonyl (C=O) groups is 1. The molecular formula is C11H15N5O4S. The van der Waals surface area contributed by atoms with Crippen LogP contribution < -0.4 is 4.72 Å². The standard InChI is InChI=1S/C11H15N5O4S/c1-6-8(5-16(3)15-6)4-12-21(19,20)10-7(2)13-14-9(10)11(17)18/h5,12H,4H2,1-3H3,(H,13,14)(H,17,18). The van der Waals surface area contributed by atoms with Crippen LogP contribution in [0.4, 0.5) is 0 Å². The fourth-order valence-corrected chi connectivity index (χ4v) is 3.29. The Hall–Kier alpha value is -2.20. The molecule has 0 aromatic carbocycles. The predicted molar refractivity (Wildman–Crippen MR) is 72.3 cm³/mol. The highest BCUT2D eigenvalue weighted by Gasteiger charge is 2.28. The molecule has 2 aromatic rings. The number of nitrogens with one attached hydrogen (secondary N) is 2. The summed E-state index contributed by atoms with van der Waals surface area (Å²) in [6.07, 6.45) is 1.69. The van der Waals surface area contributed by atoms with Crippen LogP contribution in [-0.2, 0) is 23.6 Å². The maximum atomic E-state index is 12.3. The van der Waals surface area contributed by atoms with Crippen molar-refractivity contribution in [1.29, 1.82) is 0 Å². The molecule has 21 heavy (non-hydrogen) atoms. The molecule has 0 aliphatic carbocycles. The minimum absolute atomic E-state index is 0.0195. The van der Waals surface area contributed by atoms with E-state index < -0.39 is 21.7 Å². The Morgan fingerprint density at radius 2 is 2.14 bits per heavy atom. The highest BCUT2D eigenvalue weighted by atomic mass is 32.2. The van der Waals surface area contributed by atoms with E-state index in [1.54, 1.807) is 24.9 Å². The third-order valence-corrected chi connectivity index (χ3v) is 4.49. The largest absolute Gasteiger partial charge is 0.476 e. The molecule has 3 N–H and O–H groups in total. The molecule has 0 fully saturated rings. The zero-order valence-electron chi connectivity index (χ0n) is 11.7. The molecule has 2 heterocycles. The Bertz CT molecular complexity index is 790. The van der Waals surface area contributed by atoms with Gasteiger partial charge in [0.15, 0.2) is 5.69 Å². The topological polar surface area (TPSA) is 130 Å². The second-order valence-electron chi connectivity index (χ2n) is 4.57. The van der Waals surface area contributed by atoms with Crippen LogP contribution in [-0.4, -0.2) is 39.5 Å². The summed E-state index contributed by atoms with van der Waals surface area (Å²) >= 11 is 0. The number of aromatic carboxylic acids is 1. The molecule has 0 radical (unpaired) electrons. The highest BCUT2D eigenvalue weighted by Crippen LogP contribution is 2.18. The van der Waals surface area contributed by atoms with Crippen LogP contribution in [0, 0.1) is 13.8 Å². The fourth-order valence-electron chi connectivity index (χ4n) is 1.96. The first-order valence-corrected chi connectivity index (χ1v) is 7.47. The summed E-state index contributed by atoms with van der Waals surface area (Å²) in [6, 6.07) is 0. The van der Waals surface area contributed by atoms with Gasteiger partial charge in [-0.25, -0.2) is 17.9 Å². The van der Waals surface area contributed by atoms with Crippen LogP contribution in [0.1, 0.15) is 27.4 Å². The molecule has 9 nitrogen and oxygen atoms in total. The number of sulfonamides is 1. The van der Waals surface area contributed by atoms with Crippen molar-refractivity contribution in [3.8, 4) is 0 Å². The minimum atomic E-state index is -3.99. The van der Waals surface area contributed by atoms with Crippen molar-refractivity contribution in [2.45, 2.75) is 25.3 Å². The average molecular weight is 313 g/mol. The molecule has 114 valence electrons. The number of aromatic nitrogens is 4. The molecule has 0 atom stereocenters. The van der Waals surface area contributed by atoms with Gasteiger partial charge in [0.2, 0.25) is 10.0 Å². The van der Waals surface area contributed by atoms with Gasteiger partial charge in [-0.2, -0.15) is 10.2 Å². The second kappa shape index (κ2) is 5.30. The van der Waals surface area contributed by atoms with Gasteiger partial charge in [0.1, 0.15) is 4.90 Å². The predicted octanol–water partition coefficient (Wildman–Crippen LogP) is -0.0633. The van der Waals surface area contributed by atoms with E-state index in [2.05, 4.69) is 20.0 Å². The molecule has 0 aliphatic rings. The number of carboxylic acids is 1. The van der Waals surface area contributed by atoms with E-state index in [1.807, 2.05) is 0 Å². The van der Waals surface area contributed by atoms with E-state index in [0.717, 1.165) is 0 Å². The van der Waals surface area contributed by atoms with Crippen molar-refractivity contribution in [3.63, 3.8) is 0 Å². The first kappa shape index (κ1) is 15.2. The quantitative estimate of drug-likeness (QED) is 0.709. The average Bonchev–Trinajstić information content (AvgIpc) is 2.90. The Balaban J connectivity index is 2.29. The number of H-pyrrole nitrogens is 1. The van der Waals surface area contributed by atoms with Crippen molar-refractivity contribution in [2.75, 3.05) is 0 Å². The SMILES string of the molecule is Cc1nn(C)cc1CNS(=O)(=O)c1c(C(=O)O)n[nH]c1C. The van der Waals surface area contributed by atoms with Crippen molar-refractivity contribution >= 4 is 16.0 Å². The van der Waals surface area contributed by atoms with Gasteiger partial charge in [-0.05, 0) is 13.8 Å². The Labute approximate surface area is 121 Å². The lowest BCUT2D eigenvalue weighted by molar-refractivity contribution is 0.0686. The number of carboxylic acid groups (broad SMARTS) is 1. The smallest absolute Gasteiger partial charge is 0.357 e. The van der Waals surface area contributed by atoms with E-state index in [9.17, 15) is 13.2 Å². The summed E-state index contributed by atoms with van der Waals surface area (Å²) in [7, 11) is -2.26. The summed E-state index contributed by atoms with van der Waals surface area (Å²) in [5.41, 5.74) is 1.05. The number of aryl methyl sites for hydroxylation is 3. The minimum Gasteiger partial charge on any atom is -0.476 e. The second-order valence-corrected chi connectivity index (χ2v) is 6.27. The monoisotopic (exact) mass is 313 g/mol. The van der Waals surface area contributed by atoms with Gasteiger partial charge in [0, 0.05) is 25.4 Å². The molecule has 2 rings (SSSR count). The Kier molecular flexibility index (Phi) is 3.83. The molecule has 0 saturated heterocycles. The van der Waals surface area contributed by atoms with Crippen LogP contribution in [0.25, 0.3) is 0 Å². The van der Waals surface area contributed by atoms with Gasteiger partial charge in [-0.1, -0.05) is 0 Å². The van der Waals surface area contributed by atoms with E-state index in [-0.39, 0.29) is 17.1 Å². The summed E-state index contributed by atoms with van der Waals surface area (Å²) in [5.74, 6) is -1.41. The zero-order chi connectivity index (χ0) is 15.8. The third kappa shape index (κ3) is 2.95. The molecule has 0 saturated carbocycles. The van der Waals surface area contributed by atoms with Crippen molar-refractivity contribution in [1.82, 2.24) is 24.7 Å². The maximum Gasteiger partial charge on any atom is 0.357 e. The van der Waals surface area contributed by atoms with Crippen LogP contribution >= 0.6 is 0 Å². The third-order valence-electron chi connectivity index (χ3n) is 2.93. The molecule has 0 amide bonds. The molecule has 0 unspecified atom stereocenters. The Morgan fingerprint density at radius 3 is 2.67 bits per heavy atom. The lowest BCUT2D eigenvalue weighted by Crippen LogP contribution is -2.25. The summed E-state index contributed by atoms with van der Waals surface area (Å²) in [6.45, 7) is 3.23. The maximum absolute atomic E-state index is 12.3. The summed E-state index contributed by atoms with van der Waals surface area (Å²) in [5, 5.41) is 19.0. The zero-order valence-corrected chi connectivity index (χ0v) is 12.5. The van der Waals surface area contributed by atoms with Crippen LogP contribution in [0.15, 0.2) is 11.1 Å². The van der Waals surface area contributed by atoms with Crippen molar-refractivity contribution in [2.24, 2.45) is 7.05 Å². The lowest BCUT2D eigenvalue weighted by Gasteiger charge is -2.06. The number of aromatic amines is 1. The van der Waals surface area contributed by atoms with Gasteiger partial charge in [0.05, 0.1) is 11.4 Å².